The molecule has 2 N–H and O–H groups in total. The van der Waals surface area contributed by atoms with Crippen LogP contribution in [0.15, 0.2) is 18.3 Å². The summed E-state index contributed by atoms with van der Waals surface area (Å²) in [5, 5.41) is 0. The third-order valence-electron chi connectivity index (χ3n) is 4.06. The highest BCUT2D eigenvalue weighted by molar-refractivity contribution is 5.73. The van der Waals surface area contributed by atoms with E-state index in [1.165, 1.54) is 16.7 Å². The van der Waals surface area contributed by atoms with Crippen molar-refractivity contribution in [3.63, 3.8) is 0 Å². The molecule has 1 aromatic carbocycles. The van der Waals surface area contributed by atoms with E-state index >= 15 is 0 Å². The van der Waals surface area contributed by atoms with E-state index in [9.17, 15) is 0 Å². The van der Waals surface area contributed by atoms with Gasteiger partial charge in [0.25, 0.3) is 0 Å². The molecule has 4 heteroatoms. The van der Waals surface area contributed by atoms with Crippen molar-refractivity contribution in [1.29, 1.82) is 0 Å². The Kier molecular flexibility index (Phi) is 4.12. The smallest absolute Gasteiger partial charge is 0.132 e. The fourth-order valence-corrected chi connectivity index (χ4v) is 3.08. The van der Waals surface area contributed by atoms with Crippen LogP contribution in [0, 0.1) is 13.8 Å². The van der Waals surface area contributed by atoms with Crippen LogP contribution in [0.5, 0.6) is 5.75 Å². The van der Waals surface area contributed by atoms with Crippen molar-refractivity contribution >= 4 is 0 Å². The van der Waals surface area contributed by atoms with E-state index in [-0.39, 0.29) is 6.10 Å². The Morgan fingerprint density at radius 3 is 2.86 bits per heavy atom. The molecule has 0 radical (unpaired) electrons. The SMILES string of the molecule is CCCc1cnc(C)nc1-c1cc(C)cc2c1OC(CN)C2. The summed E-state index contributed by atoms with van der Waals surface area (Å²) in [5.74, 6) is 1.75. The maximum atomic E-state index is 6.08. The van der Waals surface area contributed by atoms with Crippen LogP contribution >= 0.6 is 0 Å². The number of hydrogen-bond acceptors (Lipinski definition) is 4. The summed E-state index contributed by atoms with van der Waals surface area (Å²) in [5.41, 5.74) is 11.5. The van der Waals surface area contributed by atoms with Crippen LogP contribution in [0.2, 0.25) is 0 Å². The molecule has 1 aliphatic rings. The van der Waals surface area contributed by atoms with Gasteiger partial charge in [-0.1, -0.05) is 19.4 Å². The number of aryl methyl sites for hydroxylation is 3. The molecule has 1 aromatic heterocycles. The van der Waals surface area contributed by atoms with Crippen molar-refractivity contribution in [2.75, 3.05) is 6.54 Å². The quantitative estimate of drug-likeness (QED) is 0.942. The van der Waals surface area contributed by atoms with Gasteiger partial charge in [-0.3, -0.25) is 0 Å². The molecule has 0 saturated carbocycles. The lowest BCUT2D eigenvalue weighted by Gasteiger charge is -2.14. The van der Waals surface area contributed by atoms with Crippen LogP contribution in [-0.2, 0) is 12.8 Å². The minimum absolute atomic E-state index is 0.0770. The largest absolute Gasteiger partial charge is 0.488 e. The lowest BCUT2D eigenvalue weighted by Crippen LogP contribution is -2.24. The van der Waals surface area contributed by atoms with Crippen LogP contribution in [0.4, 0.5) is 0 Å². The molecule has 0 fully saturated rings. The molecule has 4 nitrogen and oxygen atoms in total. The highest BCUT2D eigenvalue weighted by Crippen LogP contribution is 2.40. The Morgan fingerprint density at radius 2 is 2.14 bits per heavy atom. The lowest BCUT2D eigenvalue weighted by molar-refractivity contribution is 0.242. The van der Waals surface area contributed by atoms with Gasteiger partial charge in [0.05, 0.1) is 5.69 Å². The summed E-state index contributed by atoms with van der Waals surface area (Å²) >= 11 is 0. The number of ether oxygens (including phenoxy) is 1. The van der Waals surface area contributed by atoms with Gasteiger partial charge in [-0.05, 0) is 43.0 Å². The second-order valence-electron chi connectivity index (χ2n) is 6.02. The van der Waals surface area contributed by atoms with Gasteiger partial charge in [-0.2, -0.15) is 0 Å². The van der Waals surface area contributed by atoms with Crippen LogP contribution in [0.1, 0.15) is 35.9 Å². The number of nitrogens with zero attached hydrogens (tertiary/aromatic N) is 2. The topological polar surface area (TPSA) is 61.0 Å². The van der Waals surface area contributed by atoms with Crippen molar-refractivity contribution in [2.45, 2.75) is 46.1 Å². The molecule has 0 spiro atoms. The highest BCUT2D eigenvalue weighted by Gasteiger charge is 2.26. The molecular weight excluding hydrogens is 274 g/mol. The van der Waals surface area contributed by atoms with Gasteiger partial charge in [-0.15, -0.1) is 0 Å². The molecule has 0 amide bonds. The first-order valence-electron chi connectivity index (χ1n) is 7.95. The van der Waals surface area contributed by atoms with E-state index in [2.05, 4.69) is 31.0 Å². The fraction of sp³-hybridized carbons (Fsp3) is 0.444. The molecule has 3 rings (SSSR count). The molecule has 2 heterocycles. The standard InChI is InChI=1S/C18H23N3O/c1-4-5-13-10-20-12(3)21-17(13)16-7-11(2)6-14-8-15(9-19)22-18(14)16/h6-7,10,15H,4-5,8-9,19H2,1-3H3. The summed E-state index contributed by atoms with van der Waals surface area (Å²) in [4.78, 5) is 9.07. The van der Waals surface area contributed by atoms with E-state index in [1.54, 1.807) is 0 Å². The first-order chi connectivity index (χ1) is 10.6. The van der Waals surface area contributed by atoms with Crippen LogP contribution in [0.3, 0.4) is 0 Å². The molecule has 2 aromatic rings. The fourth-order valence-electron chi connectivity index (χ4n) is 3.08. The van der Waals surface area contributed by atoms with Crippen LogP contribution in [-0.4, -0.2) is 22.6 Å². The van der Waals surface area contributed by atoms with Crippen molar-refractivity contribution < 1.29 is 4.74 Å². The van der Waals surface area contributed by atoms with Crippen molar-refractivity contribution in [2.24, 2.45) is 5.73 Å². The van der Waals surface area contributed by atoms with Gasteiger partial charge in [-0.25, -0.2) is 9.97 Å². The highest BCUT2D eigenvalue weighted by atomic mass is 16.5. The summed E-state index contributed by atoms with van der Waals surface area (Å²) in [6, 6.07) is 4.36. The maximum absolute atomic E-state index is 6.08. The molecule has 1 unspecified atom stereocenters. The third-order valence-corrected chi connectivity index (χ3v) is 4.06. The molecule has 22 heavy (non-hydrogen) atoms. The number of aromatic nitrogens is 2. The average Bonchev–Trinajstić information content (AvgIpc) is 2.91. The third kappa shape index (κ3) is 2.71. The Balaban J connectivity index is 2.16. The molecule has 0 saturated heterocycles. The number of fused-ring (bicyclic) bond motifs is 1. The molecule has 1 aliphatic heterocycles. The Bertz CT molecular complexity index is 697. The number of nitrogens with two attached hydrogens (primary N) is 1. The predicted octanol–water partition coefficient (Wildman–Crippen LogP) is 2.98. The average molecular weight is 297 g/mol. The monoisotopic (exact) mass is 297 g/mol. The van der Waals surface area contributed by atoms with E-state index in [4.69, 9.17) is 15.5 Å². The van der Waals surface area contributed by atoms with E-state index in [1.807, 2.05) is 13.1 Å². The van der Waals surface area contributed by atoms with Crippen molar-refractivity contribution in [3.05, 3.63) is 40.8 Å². The van der Waals surface area contributed by atoms with Crippen molar-refractivity contribution in [3.8, 4) is 17.0 Å². The number of benzene rings is 1. The summed E-state index contributed by atoms with van der Waals surface area (Å²) < 4.78 is 6.08. The second-order valence-corrected chi connectivity index (χ2v) is 6.02. The Labute approximate surface area is 131 Å². The zero-order valence-electron chi connectivity index (χ0n) is 13.5. The molecular formula is C18H23N3O. The zero-order valence-corrected chi connectivity index (χ0v) is 13.5. The molecule has 0 bridgehead atoms. The van der Waals surface area contributed by atoms with Crippen LogP contribution in [0.25, 0.3) is 11.3 Å². The van der Waals surface area contributed by atoms with Gasteiger partial charge < -0.3 is 10.5 Å². The van der Waals surface area contributed by atoms with Gasteiger partial charge >= 0.3 is 0 Å². The summed E-state index contributed by atoms with van der Waals surface area (Å²) in [7, 11) is 0. The summed E-state index contributed by atoms with van der Waals surface area (Å²) in [6.45, 7) is 6.76. The maximum Gasteiger partial charge on any atom is 0.132 e. The van der Waals surface area contributed by atoms with E-state index in [0.717, 1.165) is 42.1 Å². The Hall–Kier alpha value is -1.94. The number of rotatable bonds is 4. The normalized spacial score (nSPS) is 16.5. The zero-order chi connectivity index (χ0) is 15.7. The molecule has 1 atom stereocenters. The minimum Gasteiger partial charge on any atom is -0.488 e. The van der Waals surface area contributed by atoms with E-state index in [0.29, 0.717) is 6.54 Å². The Morgan fingerprint density at radius 1 is 1.32 bits per heavy atom. The van der Waals surface area contributed by atoms with Gasteiger partial charge in [0.1, 0.15) is 17.7 Å². The molecule has 0 aliphatic carbocycles. The first-order valence-corrected chi connectivity index (χ1v) is 7.95. The lowest BCUT2D eigenvalue weighted by atomic mass is 9.97. The second kappa shape index (κ2) is 6.05. The predicted molar refractivity (Wildman–Crippen MR) is 88.1 cm³/mol. The van der Waals surface area contributed by atoms with Gasteiger partial charge in [0, 0.05) is 24.7 Å². The van der Waals surface area contributed by atoms with Crippen LogP contribution < -0.4 is 10.5 Å². The number of hydrogen-bond donors (Lipinski definition) is 1. The molecule has 116 valence electrons. The van der Waals surface area contributed by atoms with E-state index < -0.39 is 0 Å². The summed E-state index contributed by atoms with van der Waals surface area (Å²) in [6.07, 6.45) is 4.95. The van der Waals surface area contributed by atoms with Crippen molar-refractivity contribution in [1.82, 2.24) is 9.97 Å². The van der Waals surface area contributed by atoms with Gasteiger partial charge in [0.15, 0.2) is 0 Å². The minimum atomic E-state index is 0.0770. The first kappa shape index (κ1) is 15.0. The van der Waals surface area contributed by atoms with Gasteiger partial charge in [0.2, 0.25) is 0 Å².